The van der Waals surface area contributed by atoms with Crippen LogP contribution in [0, 0.1) is 6.92 Å². The number of H-pyrrole nitrogens is 1. The number of likely N-dealkylation sites (tertiary alicyclic amines) is 1. The van der Waals surface area contributed by atoms with Gasteiger partial charge in [-0.1, -0.05) is 29.8 Å². The van der Waals surface area contributed by atoms with Gasteiger partial charge in [0, 0.05) is 24.3 Å². The minimum Gasteiger partial charge on any atom is -0.349 e. The summed E-state index contributed by atoms with van der Waals surface area (Å²) in [5.74, 6) is 0.470. The molecule has 1 N–H and O–H groups in total. The first-order chi connectivity index (χ1) is 12.1. The van der Waals surface area contributed by atoms with E-state index in [9.17, 15) is 4.79 Å². The van der Waals surface area contributed by atoms with E-state index in [-0.39, 0.29) is 5.91 Å². The Labute approximate surface area is 151 Å². The fourth-order valence-corrected chi connectivity index (χ4v) is 3.89. The van der Waals surface area contributed by atoms with Gasteiger partial charge in [0.05, 0.1) is 11.0 Å². The Hall–Kier alpha value is -2.33. The summed E-state index contributed by atoms with van der Waals surface area (Å²) in [5, 5.41) is 0.823. The lowest BCUT2D eigenvalue weighted by molar-refractivity contribution is 0.0708. The lowest BCUT2D eigenvalue weighted by atomic mass is 9.89. The molecule has 4 rings (SSSR count). The minimum atomic E-state index is 0.0493. The van der Waals surface area contributed by atoms with Gasteiger partial charge in [-0.15, -0.1) is 0 Å². The number of pyridine rings is 1. The molecule has 2 aromatic heterocycles. The van der Waals surface area contributed by atoms with Gasteiger partial charge in [0.1, 0.15) is 5.69 Å². The standard InChI is InChI=1S/C20H20ClN3O/c1-13-10-18-17(22-12-13)11-19(23-18)20(25)24-8-6-14(7-9-24)15-4-2-3-5-16(15)21/h2-5,10-12,14,23H,6-9H2,1H3. The molecule has 0 atom stereocenters. The van der Waals surface area contributed by atoms with Crippen molar-refractivity contribution in [3.8, 4) is 0 Å². The highest BCUT2D eigenvalue weighted by Gasteiger charge is 2.26. The lowest BCUT2D eigenvalue weighted by Crippen LogP contribution is -2.38. The Morgan fingerprint density at radius 3 is 2.76 bits per heavy atom. The number of nitrogens with one attached hydrogen (secondary N) is 1. The van der Waals surface area contributed by atoms with Crippen LogP contribution in [0.3, 0.4) is 0 Å². The lowest BCUT2D eigenvalue weighted by Gasteiger charge is -2.32. The summed E-state index contributed by atoms with van der Waals surface area (Å²) in [6, 6.07) is 11.9. The quantitative estimate of drug-likeness (QED) is 0.735. The molecule has 3 heterocycles. The summed E-state index contributed by atoms with van der Waals surface area (Å²) in [7, 11) is 0. The molecule has 0 spiro atoms. The number of aryl methyl sites for hydroxylation is 1. The zero-order valence-electron chi connectivity index (χ0n) is 14.1. The third-order valence-electron chi connectivity index (χ3n) is 4.96. The Kier molecular flexibility index (Phi) is 4.22. The number of hydrogen-bond donors (Lipinski definition) is 1. The van der Waals surface area contributed by atoms with Gasteiger partial charge in [-0.2, -0.15) is 0 Å². The van der Waals surface area contributed by atoms with Gasteiger partial charge in [0.15, 0.2) is 0 Å². The Morgan fingerprint density at radius 1 is 1.24 bits per heavy atom. The number of piperidine rings is 1. The van der Waals surface area contributed by atoms with Crippen LogP contribution < -0.4 is 0 Å². The number of rotatable bonds is 2. The summed E-state index contributed by atoms with van der Waals surface area (Å²) >= 11 is 6.32. The molecule has 0 aliphatic carbocycles. The topological polar surface area (TPSA) is 49.0 Å². The number of amides is 1. The van der Waals surface area contributed by atoms with E-state index in [4.69, 9.17) is 11.6 Å². The summed E-state index contributed by atoms with van der Waals surface area (Å²) in [6.07, 6.45) is 3.69. The fraction of sp³-hybridized carbons (Fsp3) is 0.300. The highest BCUT2D eigenvalue weighted by Crippen LogP contribution is 2.33. The van der Waals surface area contributed by atoms with Crippen LogP contribution in [0.1, 0.15) is 40.4 Å². The highest BCUT2D eigenvalue weighted by atomic mass is 35.5. The first-order valence-corrected chi connectivity index (χ1v) is 8.98. The van der Waals surface area contributed by atoms with Crippen LogP contribution in [-0.4, -0.2) is 33.9 Å². The van der Waals surface area contributed by atoms with Crippen LogP contribution in [0.5, 0.6) is 0 Å². The molecule has 4 nitrogen and oxygen atoms in total. The normalized spacial score (nSPS) is 15.7. The van der Waals surface area contributed by atoms with Crippen LogP contribution in [0.25, 0.3) is 11.0 Å². The Morgan fingerprint density at radius 2 is 2.00 bits per heavy atom. The van der Waals surface area contributed by atoms with E-state index in [1.54, 1.807) is 0 Å². The molecule has 25 heavy (non-hydrogen) atoms. The van der Waals surface area contributed by atoms with Gasteiger partial charge in [0.2, 0.25) is 0 Å². The van der Waals surface area contributed by atoms with Crippen molar-refractivity contribution in [1.29, 1.82) is 0 Å². The van der Waals surface area contributed by atoms with Gasteiger partial charge in [-0.05, 0) is 55.0 Å². The molecular formula is C20H20ClN3O. The van der Waals surface area contributed by atoms with Gasteiger partial charge < -0.3 is 9.88 Å². The zero-order chi connectivity index (χ0) is 17.4. The van der Waals surface area contributed by atoms with Crippen molar-refractivity contribution in [2.24, 2.45) is 0 Å². The van der Waals surface area contributed by atoms with Crippen molar-refractivity contribution in [1.82, 2.24) is 14.9 Å². The molecule has 128 valence electrons. The average Bonchev–Trinajstić information content (AvgIpc) is 3.05. The van der Waals surface area contributed by atoms with Crippen LogP contribution in [0.4, 0.5) is 0 Å². The van der Waals surface area contributed by atoms with E-state index in [1.165, 1.54) is 5.56 Å². The molecule has 0 radical (unpaired) electrons. The number of aromatic nitrogens is 2. The molecular weight excluding hydrogens is 334 g/mol. The first kappa shape index (κ1) is 16.2. The molecule has 3 aromatic rings. The van der Waals surface area contributed by atoms with E-state index in [2.05, 4.69) is 16.0 Å². The molecule has 5 heteroatoms. The average molecular weight is 354 g/mol. The third-order valence-corrected chi connectivity index (χ3v) is 5.31. The zero-order valence-corrected chi connectivity index (χ0v) is 14.9. The van der Waals surface area contributed by atoms with Crippen molar-refractivity contribution >= 4 is 28.5 Å². The number of fused-ring (bicyclic) bond motifs is 1. The number of benzene rings is 1. The van der Waals surface area contributed by atoms with Crippen molar-refractivity contribution < 1.29 is 4.79 Å². The fourth-order valence-electron chi connectivity index (χ4n) is 3.60. The molecule has 1 aromatic carbocycles. The Balaban J connectivity index is 1.48. The molecule has 0 saturated carbocycles. The van der Waals surface area contributed by atoms with Crippen LogP contribution in [0.2, 0.25) is 5.02 Å². The van der Waals surface area contributed by atoms with E-state index >= 15 is 0 Å². The van der Waals surface area contributed by atoms with Crippen molar-refractivity contribution in [3.63, 3.8) is 0 Å². The van der Waals surface area contributed by atoms with Crippen molar-refractivity contribution in [3.05, 3.63) is 64.4 Å². The predicted molar refractivity (Wildman–Crippen MR) is 100 cm³/mol. The number of nitrogens with zero attached hydrogens (tertiary/aromatic N) is 2. The summed E-state index contributed by atoms with van der Waals surface area (Å²) in [4.78, 5) is 22.3. The molecule has 0 unspecified atom stereocenters. The highest BCUT2D eigenvalue weighted by molar-refractivity contribution is 6.31. The van der Waals surface area contributed by atoms with E-state index in [0.29, 0.717) is 11.6 Å². The van der Waals surface area contributed by atoms with E-state index < -0.39 is 0 Å². The van der Waals surface area contributed by atoms with E-state index in [1.807, 2.05) is 48.4 Å². The van der Waals surface area contributed by atoms with E-state index in [0.717, 1.165) is 47.6 Å². The molecule has 1 aliphatic heterocycles. The SMILES string of the molecule is Cc1cnc2cc(C(=O)N3CCC(c4ccccc4Cl)CC3)[nH]c2c1. The smallest absolute Gasteiger partial charge is 0.270 e. The van der Waals surface area contributed by atoms with Gasteiger partial charge in [-0.25, -0.2) is 0 Å². The maximum atomic E-state index is 12.8. The van der Waals surface area contributed by atoms with Crippen molar-refractivity contribution in [2.75, 3.05) is 13.1 Å². The minimum absolute atomic E-state index is 0.0493. The predicted octanol–water partition coefficient (Wildman–Crippen LogP) is 4.54. The summed E-state index contributed by atoms with van der Waals surface area (Å²) in [6.45, 7) is 3.49. The van der Waals surface area contributed by atoms with Gasteiger partial charge >= 0.3 is 0 Å². The second-order valence-corrected chi connectivity index (χ2v) is 7.12. The second-order valence-electron chi connectivity index (χ2n) is 6.72. The molecule has 0 bridgehead atoms. The largest absolute Gasteiger partial charge is 0.349 e. The van der Waals surface area contributed by atoms with Crippen LogP contribution in [0.15, 0.2) is 42.6 Å². The number of hydrogen-bond acceptors (Lipinski definition) is 2. The van der Waals surface area contributed by atoms with Crippen LogP contribution in [-0.2, 0) is 0 Å². The number of aromatic amines is 1. The summed E-state index contributed by atoms with van der Waals surface area (Å²) in [5.41, 5.74) is 4.63. The molecule has 1 amide bonds. The number of carbonyl (C=O) groups excluding carboxylic acids is 1. The third kappa shape index (κ3) is 3.14. The number of halogens is 1. The van der Waals surface area contributed by atoms with Gasteiger partial charge in [-0.3, -0.25) is 9.78 Å². The van der Waals surface area contributed by atoms with Gasteiger partial charge in [0.25, 0.3) is 5.91 Å². The van der Waals surface area contributed by atoms with Crippen LogP contribution >= 0.6 is 11.6 Å². The molecule has 1 fully saturated rings. The molecule has 1 aliphatic rings. The maximum absolute atomic E-state index is 12.8. The summed E-state index contributed by atoms with van der Waals surface area (Å²) < 4.78 is 0. The number of carbonyl (C=O) groups is 1. The maximum Gasteiger partial charge on any atom is 0.270 e. The first-order valence-electron chi connectivity index (χ1n) is 8.61. The second kappa shape index (κ2) is 6.52. The Bertz CT molecular complexity index is 926. The monoisotopic (exact) mass is 353 g/mol. The molecule has 1 saturated heterocycles. The van der Waals surface area contributed by atoms with Crippen molar-refractivity contribution in [2.45, 2.75) is 25.7 Å².